The molecule has 0 spiro atoms. The minimum atomic E-state index is -0.945. The molecule has 2 N–H and O–H groups in total. The molecule has 0 radical (unpaired) electrons. The van der Waals surface area contributed by atoms with E-state index in [1.165, 1.54) is 30.3 Å². The third-order valence-corrected chi connectivity index (χ3v) is 5.60. The van der Waals surface area contributed by atoms with Crippen LogP contribution < -0.4 is 15.5 Å². The lowest BCUT2D eigenvalue weighted by Crippen LogP contribution is -2.50. The number of anilines is 2. The maximum absolute atomic E-state index is 13.7. The van der Waals surface area contributed by atoms with Crippen LogP contribution in [-0.2, 0) is 9.59 Å². The Morgan fingerprint density at radius 3 is 2.30 bits per heavy atom. The second kappa shape index (κ2) is 10.3. The van der Waals surface area contributed by atoms with E-state index in [9.17, 15) is 18.4 Å². The Labute approximate surface area is 190 Å². The Kier molecular flexibility index (Phi) is 6.99. The highest BCUT2D eigenvalue weighted by Crippen LogP contribution is 2.24. The number of carbonyl (C=O) groups excluding carboxylic acids is 2. The molecule has 0 aliphatic carbocycles. The molecule has 1 fully saturated rings. The van der Waals surface area contributed by atoms with Gasteiger partial charge in [-0.05, 0) is 48.5 Å². The maximum Gasteiger partial charge on any atom is 0.313 e. The Morgan fingerprint density at radius 2 is 1.64 bits per heavy atom. The van der Waals surface area contributed by atoms with Crippen LogP contribution in [0.2, 0.25) is 0 Å². The van der Waals surface area contributed by atoms with Gasteiger partial charge in [-0.1, -0.05) is 12.1 Å². The van der Waals surface area contributed by atoms with Crippen LogP contribution in [0.25, 0.3) is 0 Å². The number of carbonyl (C=O) groups is 2. The smallest absolute Gasteiger partial charge is 0.313 e. The van der Waals surface area contributed by atoms with E-state index in [4.69, 9.17) is 4.42 Å². The Hall–Kier alpha value is -3.72. The van der Waals surface area contributed by atoms with E-state index < -0.39 is 17.6 Å². The lowest BCUT2D eigenvalue weighted by molar-refractivity contribution is -0.136. The number of benzene rings is 2. The molecule has 1 aliphatic heterocycles. The molecular weight excluding hydrogens is 430 g/mol. The Balaban J connectivity index is 1.36. The van der Waals surface area contributed by atoms with Crippen molar-refractivity contribution in [2.45, 2.75) is 6.04 Å². The summed E-state index contributed by atoms with van der Waals surface area (Å²) >= 11 is 0. The molecule has 1 saturated heterocycles. The van der Waals surface area contributed by atoms with E-state index in [-0.39, 0.29) is 24.1 Å². The molecule has 172 valence electrons. The molecular formula is C24H24F2N4O3. The van der Waals surface area contributed by atoms with Gasteiger partial charge in [0.25, 0.3) is 0 Å². The minimum Gasteiger partial charge on any atom is -0.468 e. The van der Waals surface area contributed by atoms with Gasteiger partial charge < -0.3 is 20.0 Å². The number of furan rings is 1. The molecule has 1 unspecified atom stereocenters. The van der Waals surface area contributed by atoms with Crippen molar-refractivity contribution in [1.82, 2.24) is 10.2 Å². The van der Waals surface area contributed by atoms with Gasteiger partial charge in [0.15, 0.2) is 0 Å². The van der Waals surface area contributed by atoms with Gasteiger partial charge >= 0.3 is 11.8 Å². The van der Waals surface area contributed by atoms with Crippen LogP contribution in [0.3, 0.4) is 0 Å². The molecule has 7 nitrogen and oxygen atoms in total. The van der Waals surface area contributed by atoms with Gasteiger partial charge in [0.2, 0.25) is 0 Å². The lowest BCUT2D eigenvalue weighted by Gasteiger charge is -2.39. The molecule has 0 bridgehead atoms. The van der Waals surface area contributed by atoms with Crippen LogP contribution in [0.4, 0.5) is 20.2 Å². The van der Waals surface area contributed by atoms with Gasteiger partial charge in [-0.2, -0.15) is 0 Å². The molecule has 1 aromatic heterocycles. The molecule has 33 heavy (non-hydrogen) atoms. The number of hydrogen-bond acceptors (Lipinski definition) is 5. The molecule has 3 aromatic rings. The van der Waals surface area contributed by atoms with E-state index in [0.29, 0.717) is 31.9 Å². The molecule has 4 rings (SSSR count). The summed E-state index contributed by atoms with van der Waals surface area (Å²) in [5.74, 6) is -2.03. The average Bonchev–Trinajstić information content (AvgIpc) is 3.36. The second-order valence-electron chi connectivity index (χ2n) is 7.67. The van der Waals surface area contributed by atoms with Crippen molar-refractivity contribution in [2.24, 2.45) is 0 Å². The standard InChI is InChI=1S/C24H24F2N4O3/c25-17-7-9-18(10-8-17)29-11-13-30(14-12-29)21(22-6-3-15-33-22)16-27-23(31)24(32)28-20-5-2-1-4-19(20)26/h1-10,15,21H,11-14,16H2,(H,27,31)(H,28,32). The first-order valence-electron chi connectivity index (χ1n) is 10.6. The van der Waals surface area contributed by atoms with Crippen LogP contribution in [0.5, 0.6) is 0 Å². The third-order valence-electron chi connectivity index (χ3n) is 5.60. The van der Waals surface area contributed by atoms with Crippen LogP contribution >= 0.6 is 0 Å². The van der Waals surface area contributed by atoms with Gasteiger partial charge in [-0.25, -0.2) is 8.78 Å². The molecule has 2 heterocycles. The summed E-state index contributed by atoms with van der Waals surface area (Å²) < 4.78 is 32.5. The summed E-state index contributed by atoms with van der Waals surface area (Å²) in [6.45, 7) is 2.93. The van der Waals surface area contributed by atoms with E-state index in [1.807, 2.05) is 6.07 Å². The molecule has 9 heteroatoms. The zero-order chi connectivity index (χ0) is 23.2. The number of piperazine rings is 1. The fourth-order valence-electron chi connectivity index (χ4n) is 3.85. The Morgan fingerprint density at radius 1 is 0.909 bits per heavy atom. The molecule has 2 aromatic carbocycles. The molecule has 0 saturated carbocycles. The van der Waals surface area contributed by atoms with Gasteiger partial charge in [-0.15, -0.1) is 0 Å². The van der Waals surface area contributed by atoms with Crippen molar-refractivity contribution in [3.63, 3.8) is 0 Å². The minimum absolute atomic E-state index is 0.0582. The zero-order valence-corrected chi connectivity index (χ0v) is 17.8. The lowest BCUT2D eigenvalue weighted by atomic mass is 10.1. The quantitative estimate of drug-likeness (QED) is 0.560. The van der Waals surface area contributed by atoms with E-state index in [2.05, 4.69) is 20.4 Å². The number of rotatable bonds is 6. The number of para-hydroxylation sites is 1. The fraction of sp³-hybridized carbons (Fsp3) is 0.250. The summed E-state index contributed by atoms with van der Waals surface area (Å²) in [5.41, 5.74) is 0.890. The van der Waals surface area contributed by atoms with Crippen molar-refractivity contribution in [1.29, 1.82) is 0 Å². The fourth-order valence-corrected chi connectivity index (χ4v) is 3.85. The summed E-state index contributed by atoms with van der Waals surface area (Å²) in [6.07, 6.45) is 1.56. The molecule has 1 aliphatic rings. The van der Waals surface area contributed by atoms with Gasteiger partial charge in [-0.3, -0.25) is 14.5 Å². The van der Waals surface area contributed by atoms with Crippen molar-refractivity contribution < 1.29 is 22.8 Å². The Bertz CT molecular complexity index is 1080. The van der Waals surface area contributed by atoms with E-state index in [0.717, 1.165) is 5.69 Å². The number of nitrogens with one attached hydrogen (secondary N) is 2. The number of nitrogens with zero attached hydrogens (tertiary/aromatic N) is 2. The van der Waals surface area contributed by atoms with E-state index >= 15 is 0 Å². The number of halogens is 2. The van der Waals surface area contributed by atoms with Gasteiger partial charge in [0.05, 0.1) is 18.0 Å². The van der Waals surface area contributed by atoms with Crippen LogP contribution in [0.15, 0.2) is 71.3 Å². The normalized spacial score (nSPS) is 15.2. The van der Waals surface area contributed by atoms with Crippen molar-refractivity contribution in [3.8, 4) is 0 Å². The molecule has 1 atom stereocenters. The van der Waals surface area contributed by atoms with E-state index in [1.54, 1.807) is 30.5 Å². The van der Waals surface area contributed by atoms with Crippen LogP contribution in [0, 0.1) is 11.6 Å². The summed E-state index contributed by atoms with van der Waals surface area (Å²) in [7, 11) is 0. The number of amides is 2. The highest BCUT2D eigenvalue weighted by molar-refractivity contribution is 6.39. The van der Waals surface area contributed by atoms with Gasteiger partial charge in [0, 0.05) is 38.4 Å². The van der Waals surface area contributed by atoms with Crippen LogP contribution in [-0.4, -0.2) is 49.4 Å². The van der Waals surface area contributed by atoms with Crippen molar-refractivity contribution in [2.75, 3.05) is 42.9 Å². The summed E-state index contributed by atoms with van der Waals surface area (Å²) in [6, 6.07) is 15.3. The monoisotopic (exact) mass is 454 g/mol. The highest BCUT2D eigenvalue weighted by Gasteiger charge is 2.28. The summed E-state index contributed by atoms with van der Waals surface area (Å²) in [5, 5.41) is 4.91. The van der Waals surface area contributed by atoms with Crippen molar-refractivity contribution >= 4 is 23.2 Å². The number of hydrogen-bond donors (Lipinski definition) is 2. The van der Waals surface area contributed by atoms with Gasteiger partial charge in [0.1, 0.15) is 17.4 Å². The summed E-state index contributed by atoms with van der Waals surface area (Å²) in [4.78, 5) is 28.9. The topological polar surface area (TPSA) is 77.8 Å². The first-order chi connectivity index (χ1) is 16.0. The predicted octanol–water partition coefficient (Wildman–Crippen LogP) is 3.18. The van der Waals surface area contributed by atoms with Crippen molar-refractivity contribution in [3.05, 3.63) is 84.3 Å². The maximum atomic E-state index is 13.7. The average molecular weight is 454 g/mol. The first-order valence-corrected chi connectivity index (χ1v) is 10.6. The third kappa shape index (κ3) is 5.56. The van der Waals surface area contributed by atoms with Crippen LogP contribution in [0.1, 0.15) is 11.8 Å². The molecule has 2 amide bonds. The predicted molar refractivity (Wildman–Crippen MR) is 120 cm³/mol. The highest BCUT2D eigenvalue weighted by atomic mass is 19.1. The SMILES string of the molecule is O=C(NCC(c1ccco1)N1CCN(c2ccc(F)cc2)CC1)C(=O)Nc1ccccc1F. The zero-order valence-electron chi connectivity index (χ0n) is 17.8. The first kappa shape index (κ1) is 22.5. The largest absolute Gasteiger partial charge is 0.468 e. The second-order valence-corrected chi connectivity index (χ2v) is 7.67.